The number of carbonyl (C=O) groups excluding carboxylic acids is 1. The third-order valence-electron chi connectivity index (χ3n) is 3.99. The van der Waals surface area contributed by atoms with E-state index in [0.29, 0.717) is 19.0 Å². The summed E-state index contributed by atoms with van der Waals surface area (Å²) in [4.78, 5) is 18.8. The van der Waals surface area contributed by atoms with Crippen LogP contribution in [0.3, 0.4) is 0 Å². The fourth-order valence-electron chi connectivity index (χ4n) is 2.81. The fraction of sp³-hybridized carbons (Fsp3) is 0.889. The quantitative estimate of drug-likeness (QED) is 0.369. The molecule has 0 aromatic heterocycles. The van der Waals surface area contributed by atoms with Crippen molar-refractivity contribution >= 4 is 12.1 Å². The number of amides is 1. The van der Waals surface area contributed by atoms with Gasteiger partial charge in [-0.1, -0.05) is 6.92 Å². The Labute approximate surface area is 153 Å². The number of piperidine rings is 1. The monoisotopic (exact) mass is 355 g/mol. The van der Waals surface area contributed by atoms with Gasteiger partial charge in [-0.25, -0.2) is 4.79 Å². The van der Waals surface area contributed by atoms with Gasteiger partial charge in [0, 0.05) is 32.7 Å². The van der Waals surface area contributed by atoms with Gasteiger partial charge in [-0.2, -0.15) is 0 Å². The van der Waals surface area contributed by atoms with E-state index in [1.807, 2.05) is 20.8 Å². The Hall–Kier alpha value is -1.50. The molecule has 0 radical (unpaired) electrons. The van der Waals surface area contributed by atoms with Crippen molar-refractivity contribution in [2.75, 3.05) is 45.8 Å². The smallest absolute Gasteiger partial charge is 0.407 e. The van der Waals surface area contributed by atoms with Crippen molar-refractivity contribution in [2.45, 2.75) is 53.1 Å². The number of guanidine groups is 1. The number of aliphatic imine (C=N–C) groups is 1. The maximum absolute atomic E-state index is 11.6. The Morgan fingerprint density at radius 2 is 1.92 bits per heavy atom. The van der Waals surface area contributed by atoms with Crippen LogP contribution in [0.25, 0.3) is 0 Å². The number of nitrogens with zero attached hydrogens (tertiary/aromatic N) is 2. The van der Waals surface area contributed by atoms with Gasteiger partial charge in [-0.05, 0) is 59.5 Å². The van der Waals surface area contributed by atoms with Crippen molar-refractivity contribution in [3.63, 3.8) is 0 Å². The van der Waals surface area contributed by atoms with Crippen LogP contribution in [0, 0.1) is 5.92 Å². The molecule has 0 aliphatic carbocycles. The normalized spacial score (nSPS) is 19.4. The zero-order valence-corrected chi connectivity index (χ0v) is 16.7. The number of ether oxygens (including phenoxy) is 1. The third kappa shape index (κ3) is 10.2. The van der Waals surface area contributed by atoms with Gasteiger partial charge in [0.2, 0.25) is 0 Å². The molecule has 0 spiro atoms. The molecule has 0 saturated carbocycles. The Morgan fingerprint density at radius 3 is 2.56 bits per heavy atom. The molecule has 1 unspecified atom stereocenters. The number of nitrogens with one attached hydrogen (secondary N) is 3. The van der Waals surface area contributed by atoms with Crippen LogP contribution < -0.4 is 16.0 Å². The summed E-state index contributed by atoms with van der Waals surface area (Å²) < 4.78 is 5.21. The van der Waals surface area contributed by atoms with Crippen molar-refractivity contribution in [2.24, 2.45) is 10.9 Å². The van der Waals surface area contributed by atoms with Crippen molar-refractivity contribution in [3.8, 4) is 0 Å². The molecule has 0 aromatic carbocycles. The molecule has 1 saturated heterocycles. The first kappa shape index (κ1) is 21.5. The molecular formula is C18H37N5O2. The minimum absolute atomic E-state index is 0.391. The summed E-state index contributed by atoms with van der Waals surface area (Å²) in [6, 6.07) is 0. The molecule has 1 aliphatic rings. The van der Waals surface area contributed by atoms with Gasteiger partial charge in [0.1, 0.15) is 5.60 Å². The van der Waals surface area contributed by atoms with Crippen LogP contribution in [0.15, 0.2) is 4.99 Å². The molecule has 7 heteroatoms. The average Bonchev–Trinajstić information content (AvgIpc) is 2.55. The van der Waals surface area contributed by atoms with Gasteiger partial charge < -0.3 is 25.6 Å². The SMILES string of the molecule is CCNC(=NCC1CCCN(CC)C1)NCCNC(=O)OC(C)(C)C. The number of likely N-dealkylation sites (tertiary alicyclic amines) is 1. The first-order valence-electron chi connectivity index (χ1n) is 9.55. The fourth-order valence-corrected chi connectivity index (χ4v) is 2.81. The largest absolute Gasteiger partial charge is 0.444 e. The topological polar surface area (TPSA) is 78.0 Å². The van der Waals surface area contributed by atoms with Crippen LogP contribution in [-0.2, 0) is 4.74 Å². The first-order chi connectivity index (χ1) is 11.8. The van der Waals surface area contributed by atoms with Crippen LogP contribution in [0.1, 0.15) is 47.5 Å². The summed E-state index contributed by atoms with van der Waals surface area (Å²) in [5.41, 5.74) is -0.472. The lowest BCUT2D eigenvalue weighted by Crippen LogP contribution is -2.43. The van der Waals surface area contributed by atoms with E-state index in [-0.39, 0.29) is 0 Å². The molecule has 0 aromatic rings. The summed E-state index contributed by atoms with van der Waals surface area (Å²) in [6.45, 7) is 16.1. The van der Waals surface area contributed by atoms with Gasteiger partial charge in [0.15, 0.2) is 5.96 Å². The van der Waals surface area contributed by atoms with E-state index in [9.17, 15) is 4.79 Å². The van der Waals surface area contributed by atoms with E-state index in [2.05, 4.69) is 34.7 Å². The van der Waals surface area contributed by atoms with Crippen molar-refractivity contribution in [3.05, 3.63) is 0 Å². The lowest BCUT2D eigenvalue weighted by molar-refractivity contribution is 0.0529. The molecule has 1 fully saturated rings. The molecule has 146 valence electrons. The Bertz CT molecular complexity index is 420. The number of hydrogen-bond acceptors (Lipinski definition) is 4. The summed E-state index contributed by atoms with van der Waals surface area (Å²) in [6.07, 6.45) is 2.12. The zero-order valence-electron chi connectivity index (χ0n) is 16.7. The molecule has 1 amide bonds. The van der Waals surface area contributed by atoms with Gasteiger partial charge in [-0.15, -0.1) is 0 Å². The third-order valence-corrected chi connectivity index (χ3v) is 3.99. The molecule has 1 aliphatic heterocycles. The standard InChI is InChI=1S/C18H37N5O2/c1-6-19-16(20-10-11-21-17(24)25-18(3,4)5)22-13-15-9-8-12-23(7-2)14-15/h15H,6-14H2,1-5H3,(H,21,24)(H2,19,20,22). The van der Waals surface area contributed by atoms with Crippen molar-refractivity contribution in [1.29, 1.82) is 0 Å². The predicted octanol–water partition coefficient (Wildman–Crippen LogP) is 1.80. The summed E-state index contributed by atoms with van der Waals surface area (Å²) >= 11 is 0. The van der Waals surface area contributed by atoms with E-state index >= 15 is 0 Å². The van der Waals surface area contributed by atoms with Gasteiger partial charge >= 0.3 is 6.09 Å². The van der Waals surface area contributed by atoms with Crippen LogP contribution in [-0.4, -0.2) is 68.4 Å². The van der Waals surface area contributed by atoms with Crippen LogP contribution in [0.5, 0.6) is 0 Å². The highest BCUT2D eigenvalue weighted by molar-refractivity contribution is 5.79. The second-order valence-electron chi connectivity index (χ2n) is 7.48. The van der Waals surface area contributed by atoms with Gasteiger partial charge in [0.25, 0.3) is 0 Å². The Kier molecular flexibility index (Phi) is 9.63. The maximum atomic E-state index is 11.6. The molecule has 1 atom stereocenters. The highest BCUT2D eigenvalue weighted by Crippen LogP contribution is 2.16. The highest BCUT2D eigenvalue weighted by Gasteiger charge is 2.18. The molecule has 7 nitrogen and oxygen atoms in total. The van der Waals surface area contributed by atoms with Crippen LogP contribution >= 0.6 is 0 Å². The van der Waals surface area contributed by atoms with E-state index in [0.717, 1.165) is 32.1 Å². The summed E-state index contributed by atoms with van der Waals surface area (Å²) in [5.74, 6) is 1.44. The number of carbonyl (C=O) groups is 1. The Morgan fingerprint density at radius 1 is 1.20 bits per heavy atom. The minimum Gasteiger partial charge on any atom is -0.444 e. The van der Waals surface area contributed by atoms with E-state index in [1.54, 1.807) is 0 Å². The number of hydrogen-bond donors (Lipinski definition) is 3. The lowest BCUT2D eigenvalue weighted by Gasteiger charge is -2.31. The lowest BCUT2D eigenvalue weighted by atomic mass is 9.98. The minimum atomic E-state index is -0.472. The second kappa shape index (κ2) is 11.2. The molecular weight excluding hydrogens is 318 g/mol. The predicted molar refractivity (Wildman–Crippen MR) is 103 cm³/mol. The molecule has 25 heavy (non-hydrogen) atoms. The molecule has 0 bridgehead atoms. The second-order valence-corrected chi connectivity index (χ2v) is 7.48. The average molecular weight is 356 g/mol. The van der Waals surface area contributed by atoms with E-state index in [1.165, 1.54) is 19.4 Å². The maximum Gasteiger partial charge on any atom is 0.407 e. The number of alkyl carbamates (subject to hydrolysis) is 1. The first-order valence-corrected chi connectivity index (χ1v) is 9.55. The molecule has 1 heterocycles. The molecule has 1 rings (SSSR count). The van der Waals surface area contributed by atoms with Crippen LogP contribution in [0.2, 0.25) is 0 Å². The molecule has 3 N–H and O–H groups in total. The van der Waals surface area contributed by atoms with Gasteiger partial charge in [0.05, 0.1) is 0 Å². The highest BCUT2D eigenvalue weighted by atomic mass is 16.6. The number of rotatable bonds is 7. The van der Waals surface area contributed by atoms with Gasteiger partial charge in [-0.3, -0.25) is 4.99 Å². The zero-order chi connectivity index (χ0) is 18.7. The van der Waals surface area contributed by atoms with E-state index in [4.69, 9.17) is 9.73 Å². The summed E-state index contributed by atoms with van der Waals surface area (Å²) in [7, 11) is 0. The van der Waals surface area contributed by atoms with Crippen molar-refractivity contribution in [1.82, 2.24) is 20.9 Å². The van der Waals surface area contributed by atoms with Crippen molar-refractivity contribution < 1.29 is 9.53 Å². The van der Waals surface area contributed by atoms with Crippen LogP contribution in [0.4, 0.5) is 4.79 Å². The summed E-state index contributed by atoms with van der Waals surface area (Å²) in [5, 5.41) is 9.26. The van der Waals surface area contributed by atoms with E-state index < -0.39 is 11.7 Å². The Balaban J connectivity index is 2.32.